The minimum absolute atomic E-state index is 0.0700. The van der Waals surface area contributed by atoms with Gasteiger partial charge in [0.25, 0.3) is 0 Å². The normalized spacial score (nSPS) is 17.9. The van der Waals surface area contributed by atoms with Gasteiger partial charge < -0.3 is 5.73 Å². The molecule has 1 atom stereocenters. The molecule has 116 valence electrons. The lowest BCUT2D eigenvalue weighted by atomic mass is 9.76. The Labute approximate surface area is 129 Å². The van der Waals surface area contributed by atoms with Gasteiger partial charge in [-0.15, -0.1) is 0 Å². The molecule has 0 amide bonds. The summed E-state index contributed by atoms with van der Waals surface area (Å²) in [5, 5.41) is 0. The van der Waals surface area contributed by atoms with E-state index < -0.39 is 0 Å². The van der Waals surface area contributed by atoms with Crippen molar-refractivity contribution in [3.05, 3.63) is 35.4 Å². The Morgan fingerprint density at radius 1 is 1.24 bits per heavy atom. The molecule has 1 aliphatic rings. The monoisotopic (exact) mass is 287 g/mol. The van der Waals surface area contributed by atoms with Crippen LogP contribution >= 0.6 is 0 Å². The van der Waals surface area contributed by atoms with Gasteiger partial charge in [-0.3, -0.25) is 4.79 Å². The van der Waals surface area contributed by atoms with E-state index in [1.807, 2.05) is 24.3 Å². The van der Waals surface area contributed by atoms with Crippen LogP contribution in [0.1, 0.15) is 81.3 Å². The Morgan fingerprint density at radius 2 is 1.81 bits per heavy atom. The zero-order valence-electron chi connectivity index (χ0n) is 13.7. The second-order valence-electron chi connectivity index (χ2n) is 7.20. The molecule has 0 heterocycles. The average molecular weight is 287 g/mol. The Kier molecular flexibility index (Phi) is 5.21. The lowest BCUT2D eigenvalue weighted by molar-refractivity contribution is 0.0802. The molecular weight excluding hydrogens is 258 g/mol. The number of Topliss-reactive ketones (excluding diaryl/α,β-unsaturated/α-hetero) is 1. The molecule has 2 N–H and O–H groups in total. The number of carbonyl (C=O) groups excluding carboxylic acids is 1. The molecule has 2 nitrogen and oxygen atoms in total. The first-order valence-electron chi connectivity index (χ1n) is 8.34. The molecule has 0 unspecified atom stereocenters. The summed E-state index contributed by atoms with van der Waals surface area (Å²) >= 11 is 0. The van der Waals surface area contributed by atoms with Crippen molar-refractivity contribution in [1.82, 2.24) is 0 Å². The summed E-state index contributed by atoms with van der Waals surface area (Å²) in [6, 6.07) is 7.98. The number of ketones is 1. The summed E-state index contributed by atoms with van der Waals surface area (Å²) < 4.78 is 0. The van der Waals surface area contributed by atoms with Crippen LogP contribution in [0.2, 0.25) is 0 Å². The Morgan fingerprint density at radius 3 is 2.33 bits per heavy atom. The van der Waals surface area contributed by atoms with Crippen LogP contribution in [0, 0.1) is 11.3 Å². The average Bonchev–Trinajstić information content (AvgIpc) is 2.98. The second-order valence-corrected chi connectivity index (χ2v) is 7.20. The fourth-order valence-corrected chi connectivity index (χ4v) is 3.54. The third kappa shape index (κ3) is 3.94. The SMILES string of the molecule is CC[C@@H](N)c1ccc(C(=O)C(C)(C)CC2CCCC2)cc1. The number of carbonyl (C=O) groups is 1. The van der Waals surface area contributed by atoms with E-state index in [9.17, 15) is 4.79 Å². The molecule has 2 rings (SSSR count). The lowest BCUT2D eigenvalue weighted by Gasteiger charge is -2.26. The Hall–Kier alpha value is -1.15. The van der Waals surface area contributed by atoms with Crippen molar-refractivity contribution in [2.45, 2.75) is 65.3 Å². The van der Waals surface area contributed by atoms with Gasteiger partial charge in [0, 0.05) is 17.0 Å². The van der Waals surface area contributed by atoms with Crippen LogP contribution in [0.4, 0.5) is 0 Å². The van der Waals surface area contributed by atoms with Crippen LogP contribution in [-0.4, -0.2) is 5.78 Å². The second kappa shape index (κ2) is 6.74. The topological polar surface area (TPSA) is 43.1 Å². The minimum atomic E-state index is -0.261. The molecule has 1 fully saturated rings. The molecule has 1 aliphatic carbocycles. The Bertz CT molecular complexity index is 469. The minimum Gasteiger partial charge on any atom is -0.324 e. The van der Waals surface area contributed by atoms with Crippen molar-refractivity contribution in [3.63, 3.8) is 0 Å². The van der Waals surface area contributed by atoms with Gasteiger partial charge in [-0.05, 0) is 24.3 Å². The first-order valence-corrected chi connectivity index (χ1v) is 8.34. The zero-order chi connectivity index (χ0) is 15.5. The number of rotatable bonds is 6. The third-order valence-corrected chi connectivity index (χ3v) is 4.93. The number of nitrogens with two attached hydrogens (primary N) is 1. The molecule has 0 saturated heterocycles. The van der Waals surface area contributed by atoms with E-state index in [4.69, 9.17) is 5.73 Å². The van der Waals surface area contributed by atoms with E-state index in [0.29, 0.717) is 0 Å². The van der Waals surface area contributed by atoms with Crippen LogP contribution in [0.5, 0.6) is 0 Å². The molecule has 0 bridgehead atoms. The summed E-state index contributed by atoms with van der Waals surface area (Å²) in [7, 11) is 0. The fourth-order valence-electron chi connectivity index (χ4n) is 3.54. The van der Waals surface area contributed by atoms with Gasteiger partial charge in [-0.1, -0.05) is 70.7 Å². The van der Waals surface area contributed by atoms with Crippen LogP contribution in [0.15, 0.2) is 24.3 Å². The van der Waals surface area contributed by atoms with Crippen molar-refractivity contribution in [2.24, 2.45) is 17.1 Å². The van der Waals surface area contributed by atoms with E-state index in [2.05, 4.69) is 20.8 Å². The number of benzene rings is 1. The van der Waals surface area contributed by atoms with Gasteiger partial charge in [0.15, 0.2) is 5.78 Å². The molecule has 1 saturated carbocycles. The van der Waals surface area contributed by atoms with Gasteiger partial charge in [-0.25, -0.2) is 0 Å². The molecule has 2 heteroatoms. The van der Waals surface area contributed by atoms with Crippen LogP contribution in [-0.2, 0) is 0 Å². The van der Waals surface area contributed by atoms with Crippen LogP contribution in [0.25, 0.3) is 0 Å². The first kappa shape index (κ1) is 16.2. The maximum absolute atomic E-state index is 12.8. The van der Waals surface area contributed by atoms with Gasteiger partial charge in [0.05, 0.1) is 0 Å². The molecular formula is C19H29NO. The van der Waals surface area contributed by atoms with Crippen LogP contribution in [0.3, 0.4) is 0 Å². The van der Waals surface area contributed by atoms with Crippen LogP contribution < -0.4 is 5.73 Å². The molecule has 21 heavy (non-hydrogen) atoms. The van der Waals surface area contributed by atoms with Gasteiger partial charge in [0.1, 0.15) is 0 Å². The predicted octanol–water partition coefficient (Wildman–Crippen LogP) is 4.89. The molecule has 1 aromatic carbocycles. The number of hydrogen-bond donors (Lipinski definition) is 1. The fraction of sp³-hybridized carbons (Fsp3) is 0.632. The lowest BCUT2D eigenvalue weighted by Crippen LogP contribution is -2.27. The predicted molar refractivity (Wildman–Crippen MR) is 88.3 cm³/mol. The third-order valence-electron chi connectivity index (χ3n) is 4.93. The van der Waals surface area contributed by atoms with Crippen molar-refractivity contribution >= 4 is 5.78 Å². The van der Waals surface area contributed by atoms with Crippen molar-refractivity contribution in [3.8, 4) is 0 Å². The van der Waals surface area contributed by atoms with E-state index in [0.717, 1.165) is 29.9 Å². The summed E-state index contributed by atoms with van der Waals surface area (Å²) in [5.74, 6) is 1.00. The summed E-state index contributed by atoms with van der Waals surface area (Å²) in [4.78, 5) is 12.8. The molecule has 0 aromatic heterocycles. The standard InChI is InChI=1S/C19H29NO/c1-4-17(20)15-9-11-16(12-10-15)18(21)19(2,3)13-14-7-5-6-8-14/h9-12,14,17H,4-8,13,20H2,1-3H3/t17-/m1/s1. The first-order chi connectivity index (χ1) is 9.94. The quantitative estimate of drug-likeness (QED) is 0.757. The molecule has 1 aromatic rings. The molecule has 0 spiro atoms. The molecule has 0 radical (unpaired) electrons. The van der Waals surface area contributed by atoms with Crippen molar-refractivity contribution in [2.75, 3.05) is 0 Å². The highest BCUT2D eigenvalue weighted by atomic mass is 16.1. The Balaban J connectivity index is 2.07. The maximum Gasteiger partial charge on any atom is 0.168 e. The van der Waals surface area contributed by atoms with Gasteiger partial charge in [0.2, 0.25) is 0 Å². The summed E-state index contributed by atoms with van der Waals surface area (Å²) in [5.41, 5.74) is 7.71. The maximum atomic E-state index is 12.8. The van der Waals surface area contributed by atoms with E-state index in [1.54, 1.807) is 0 Å². The van der Waals surface area contributed by atoms with E-state index >= 15 is 0 Å². The van der Waals surface area contributed by atoms with Crippen molar-refractivity contribution < 1.29 is 4.79 Å². The molecule has 0 aliphatic heterocycles. The van der Waals surface area contributed by atoms with E-state index in [1.165, 1.54) is 25.7 Å². The van der Waals surface area contributed by atoms with Crippen molar-refractivity contribution in [1.29, 1.82) is 0 Å². The highest BCUT2D eigenvalue weighted by Crippen LogP contribution is 2.37. The summed E-state index contributed by atoms with van der Waals surface area (Å²) in [6.07, 6.45) is 7.18. The van der Waals surface area contributed by atoms with Gasteiger partial charge >= 0.3 is 0 Å². The zero-order valence-corrected chi connectivity index (χ0v) is 13.7. The largest absolute Gasteiger partial charge is 0.324 e. The smallest absolute Gasteiger partial charge is 0.168 e. The highest BCUT2D eigenvalue weighted by Gasteiger charge is 2.32. The number of hydrogen-bond acceptors (Lipinski definition) is 2. The highest BCUT2D eigenvalue weighted by molar-refractivity contribution is 6.00. The van der Waals surface area contributed by atoms with Gasteiger partial charge in [-0.2, -0.15) is 0 Å². The van der Waals surface area contributed by atoms with E-state index in [-0.39, 0.29) is 17.2 Å². The summed E-state index contributed by atoms with van der Waals surface area (Å²) in [6.45, 7) is 6.27.